The number of carbonyl (C=O) groups is 2. The standard InChI is InChI=1S/C18H28N4O2S/c1-5-19-18(24)16-8-14(10-22(16)7-6-12(2)3)21-17(23)9-15-11-25-13(4)20-15/h6,11,14,16H,5,7-10H2,1-4H3,(H,19,24)(H,21,23)/t14-,16-/m0/s1. The van der Waals surface area contributed by atoms with Crippen molar-refractivity contribution in [3.8, 4) is 0 Å². The smallest absolute Gasteiger partial charge is 0.237 e. The number of thiazole rings is 1. The Balaban J connectivity index is 1.95. The van der Waals surface area contributed by atoms with Crippen molar-refractivity contribution in [2.24, 2.45) is 0 Å². The zero-order valence-electron chi connectivity index (χ0n) is 15.5. The minimum absolute atomic E-state index is 0.00889. The summed E-state index contributed by atoms with van der Waals surface area (Å²) in [6.07, 6.45) is 3.05. The molecular formula is C18H28N4O2S. The van der Waals surface area contributed by atoms with E-state index in [0.29, 0.717) is 25.9 Å². The molecule has 0 aromatic carbocycles. The summed E-state index contributed by atoms with van der Waals surface area (Å²) >= 11 is 1.55. The molecule has 6 nitrogen and oxygen atoms in total. The molecule has 2 amide bonds. The monoisotopic (exact) mass is 364 g/mol. The van der Waals surface area contributed by atoms with E-state index in [1.165, 1.54) is 5.57 Å². The van der Waals surface area contributed by atoms with Gasteiger partial charge in [-0.2, -0.15) is 0 Å². The second-order valence-corrected chi connectivity index (χ2v) is 7.74. The highest BCUT2D eigenvalue weighted by Crippen LogP contribution is 2.19. The molecule has 0 unspecified atom stereocenters. The maximum absolute atomic E-state index is 12.3. The molecule has 0 bridgehead atoms. The lowest BCUT2D eigenvalue weighted by molar-refractivity contribution is -0.125. The molecule has 1 aromatic heterocycles. The number of aryl methyl sites for hydroxylation is 1. The van der Waals surface area contributed by atoms with E-state index in [0.717, 1.165) is 17.2 Å². The third kappa shape index (κ3) is 5.93. The second kappa shape index (κ2) is 9.10. The average molecular weight is 365 g/mol. The molecule has 25 heavy (non-hydrogen) atoms. The number of nitrogens with one attached hydrogen (secondary N) is 2. The highest BCUT2D eigenvalue weighted by Gasteiger charge is 2.36. The molecule has 1 aliphatic heterocycles. The van der Waals surface area contributed by atoms with Crippen LogP contribution in [0.15, 0.2) is 17.0 Å². The normalized spacial score (nSPS) is 20.3. The predicted octanol–water partition coefficient (Wildman–Crippen LogP) is 1.66. The van der Waals surface area contributed by atoms with Crippen LogP contribution in [0.4, 0.5) is 0 Å². The van der Waals surface area contributed by atoms with Crippen LogP contribution < -0.4 is 10.6 Å². The molecule has 2 heterocycles. The Morgan fingerprint density at radius 1 is 1.44 bits per heavy atom. The summed E-state index contributed by atoms with van der Waals surface area (Å²) in [6, 6.07) is -0.201. The van der Waals surface area contributed by atoms with E-state index in [4.69, 9.17) is 0 Å². The predicted molar refractivity (Wildman–Crippen MR) is 101 cm³/mol. The van der Waals surface area contributed by atoms with Crippen molar-refractivity contribution in [1.82, 2.24) is 20.5 Å². The zero-order valence-corrected chi connectivity index (χ0v) is 16.3. The first-order valence-corrected chi connectivity index (χ1v) is 9.62. The molecule has 1 saturated heterocycles. The van der Waals surface area contributed by atoms with E-state index >= 15 is 0 Å². The minimum atomic E-state index is -0.192. The first kappa shape index (κ1) is 19.6. The van der Waals surface area contributed by atoms with Gasteiger partial charge in [-0.1, -0.05) is 11.6 Å². The highest BCUT2D eigenvalue weighted by molar-refractivity contribution is 7.09. The summed E-state index contributed by atoms with van der Waals surface area (Å²) in [7, 11) is 0. The van der Waals surface area contributed by atoms with E-state index < -0.39 is 0 Å². The number of allylic oxidation sites excluding steroid dienone is 1. The van der Waals surface area contributed by atoms with Crippen LogP contribution in [0, 0.1) is 6.92 Å². The lowest BCUT2D eigenvalue weighted by Crippen LogP contribution is -2.43. The molecule has 0 spiro atoms. The zero-order chi connectivity index (χ0) is 18.4. The van der Waals surface area contributed by atoms with Crippen LogP contribution in [-0.2, 0) is 16.0 Å². The largest absolute Gasteiger partial charge is 0.355 e. The molecule has 1 fully saturated rings. The molecule has 1 aliphatic rings. The summed E-state index contributed by atoms with van der Waals surface area (Å²) in [5.41, 5.74) is 2.03. The number of likely N-dealkylation sites (tertiary alicyclic amines) is 1. The Bertz CT molecular complexity index is 637. The van der Waals surface area contributed by atoms with Crippen LogP contribution in [0.2, 0.25) is 0 Å². The Morgan fingerprint density at radius 3 is 2.80 bits per heavy atom. The van der Waals surface area contributed by atoms with Gasteiger partial charge in [0.1, 0.15) is 0 Å². The van der Waals surface area contributed by atoms with Crippen molar-refractivity contribution in [3.05, 3.63) is 27.7 Å². The van der Waals surface area contributed by atoms with Crippen molar-refractivity contribution < 1.29 is 9.59 Å². The Kier molecular flexibility index (Phi) is 7.13. The van der Waals surface area contributed by atoms with Crippen LogP contribution in [0.25, 0.3) is 0 Å². The van der Waals surface area contributed by atoms with Gasteiger partial charge in [0.15, 0.2) is 0 Å². The topological polar surface area (TPSA) is 74.3 Å². The van der Waals surface area contributed by atoms with Gasteiger partial charge in [-0.15, -0.1) is 11.3 Å². The molecule has 0 aliphatic carbocycles. The van der Waals surface area contributed by atoms with Gasteiger partial charge >= 0.3 is 0 Å². The summed E-state index contributed by atoms with van der Waals surface area (Å²) in [5.74, 6) is 0.00513. The number of likely N-dealkylation sites (N-methyl/N-ethyl adjacent to an activating group) is 1. The van der Waals surface area contributed by atoms with Crippen LogP contribution >= 0.6 is 11.3 Å². The van der Waals surface area contributed by atoms with Gasteiger partial charge in [0.05, 0.1) is 23.2 Å². The molecule has 2 N–H and O–H groups in total. The van der Waals surface area contributed by atoms with Crippen LogP contribution in [0.5, 0.6) is 0 Å². The number of hydrogen-bond acceptors (Lipinski definition) is 5. The molecule has 0 radical (unpaired) electrons. The van der Waals surface area contributed by atoms with Crippen molar-refractivity contribution >= 4 is 23.2 Å². The molecule has 0 saturated carbocycles. The summed E-state index contributed by atoms with van der Waals surface area (Å²) in [6.45, 7) is 9.98. The van der Waals surface area contributed by atoms with Gasteiger partial charge in [-0.25, -0.2) is 4.98 Å². The van der Waals surface area contributed by atoms with Gasteiger partial charge in [-0.3, -0.25) is 14.5 Å². The first-order chi connectivity index (χ1) is 11.9. The summed E-state index contributed by atoms with van der Waals surface area (Å²) in [5, 5.41) is 8.85. The van der Waals surface area contributed by atoms with Gasteiger partial charge in [-0.05, 0) is 34.1 Å². The molecule has 1 aromatic rings. The van der Waals surface area contributed by atoms with Gasteiger partial charge in [0.25, 0.3) is 0 Å². The number of hydrogen-bond donors (Lipinski definition) is 2. The summed E-state index contributed by atoms with van der Waals surface area (Å²) < 4.78 is 0. The number of amides is 2. The fourth-order valence-corrected chi connectivity index (χ4v) is 3.62. The fourth-order valence-electron chi connectivity index (χ4n) is 3.01. The Labute approximate surface area is 153 Å². The number of rotatable bonds is 7. The SMILES string of the molecule is CCNC(=O)[C@@H]1C[C@H](NC(=O)Cc2csc(C)n2)CN1CC=C(C)C. The lowest BCUT2D eigenvalue weighted by Gasteiger charge is -2.21. The third-order valence-corrected chi connectivity index (χ3v) is 4.99. The van der Waals surface area contributed by atoms with Crippen molar-refractivity contribution in [3.63, 3.8) is 0 Å². The Morgan fingerprint density at radius 2 is 2.20 bits per heavy atom. The van der Waals surface area contributed by atoms with E-state index in [9.17, 15) is 9.59 Å². The van der Waals surface area contributed by atoms with E-state index in [-0.39, 0.29) is 23.9 Å². The van der Waals surface area contributed by atoms with Gasteiger partial charge in [0.2, 0.25) is 11.8 Å². The van der Waals surface area contributed by atoms with Crippen molar-refractivity contribution in [2.75, 3.05) is 19.6 Å². The van der Waals surface area contributed by atoms with Crippen LogP contribution in [0.1, 0.15) is 37.9 Å². The molecule has 7 heteroatoms. The highest BCUT2D eigenvalue weighted by atomic mass is 32.1. The van der Waals surface area contributed by atoms with E-state index in [1.807, 2.05) is 33.1 Å². The van der Waals surface area contributed by atoms with Crippen molar-refractivity contribution in [1.29, 1.82) is 0 Å². The second-order valence-electron chi connectivity index (χ2n) is 6.68. The average Bonchev–Trinajstić information content (AvgIpc) is 3.11. The van der Waals surface area contributed by atoms with Crippen LogP contribution in [-0.4, -0.2) is 53.4 Å². The molecular weight excluding hydrogens is 336 g/mol. The Hall–Kier alpha value is -1.73. The van der Waals surface area contributed by atoms with Gasteiger partial charge < -0.3 is 10.6 Å². The third-order valence-electron chi connectivity index (χ3n) is 4.16. The molecule has 138 valence electrons. The quantitative estimate of drug-likeness (QED) is 0.722. The van der Waals surface area contributed by atoms with E-state index in [1.54, 1.807) is 11.3 Å². The number of nitrogens with zero attached hydrogens (tertiary/aromatic N) is 2. The minimum Gasteiger partial charge on any atom is -0.355 e. The van der Waals surface area contributed by atoms with E-state index in [2.05, 4.69) is 26.6 Å². The maximum Gasteiger partial charge on any atom is 0.237 e. The summed E-state index contributed by atoms with van der Waals surface area (Å²) in [4.78, 5) is 31.1. The van der Waals surface area contributed by atoms with Crippen molar-refractivity contribution in [2.45, 2.75) is 52.6 Å². The molecule has 2 atom stereocenters. The first-order valence-electron chi connectivity index (χ1n) is 8.74. The number of carbonyl (C=O) groups excluding carboxylic acids is 2. The number of aromatic nitrogens is 1. The van der Waals surface area contributed by atoms with Gasteiger partial charge in [0, 0.05) is 31.1 Å². The fraction of sp³-hybridized carbons (Fsp3) is 0.611. The molecule has 2 rings (SSSR count). The van der Waals surface area contributed by atoms with Crippen LogP contribution in [0.3, 0.4) is 0 Å². The lowest BCUT2D eigenvalue weighted by atomic mass is 10.1. The maximum atomic E-state index is 12.3.